The number of imide groups is 1. The van der Waals surface area contributed by atoms with Gasteiger partial charge in [0.25, 0.3) is 5.91 Å². The van der Waals surface area contributed by atoms with Crippen LogP contribution in [-0.4, -0.2) is 72.6 Å². The molecule has 3 aliphatic heterocycles. The second kappa shape index (κ2) is 7.08. The average Bonchev–Trinajstić information content (AvgIpc) is 3.24. The largest absolute Gasteiger partial charge is 0.497 e. The molecule has 0 aliphatic carbocycles. The first-order chi connectivity index (χ1) is 14.3. The number of methoxy groups -OCH3 is 2. The lowest BCUT2D eigenvalue weighted by atomic mass is 10.1. The van der Waals surface area contributed by atoms with Crippen molar-refractivity contribution in [2.75, 3.05) is 32.7 Å². The van der Waals surface area contributed by atoms with Crippen LogP contribution >= 0.6 is 0 Å². The molecule has 3 aliphatic rings. The number of likely N-dealkylation sites (N-methyl/N-ethyl adjacent to an activating group) is 1. The van der Waals surface area contributed by atoms with Crippen molar-refractivity contribution in [2.24, 2.45) is 4.99 Å². The molecule has 0 N–H and O–H groups in total. The summed E-state index contributed by atoms with van der Waals surface area (Å²) in [5, 5.41) is 0. The van der Waals surface area contributed by atoms with Crippen LogP contribution in [0.15, 0.2) is 47.2 Å². The summed E-state index contributed by atoms with van der Waals surface area (Å²) in [6, 6.07) is 4.51. The first-order valence-corrected chi connectivity index (χ1v) is 9.61. The van der Waals surface area contributed by atoms with E-state index in [1.807, 2.05) is 41.8 Å². The summed E-state index contributed by atoms with van der Waals surface area (Å²) in [7, 11) is 4.87. The third-order valence-electron chi connectivity index (χ3n) is 5.83. The number of nitrogens with zero attached hydrogens (tertiary/aromatic N) is 5. The molecule has 1 aromatic rings. The maximum atomic E-state index is 13.2. The number of fused-ring (bicyclic) bond motifs is 3. The monoisotopic (exact) mass is 411 g/mol. The Morgan fingerprint density at radius 3 is 2.53 bits per heavy atom. The minimum absolute atomic E-state index is 0.156. The number of guanidine groups is 1. The SMILES string of the molecule is C=CCN1C(=O)C2C(N=C3N(c4cc(OC)ccc4OC)C(C)=C(C)N32)N(C)C1=O. The number of carbonyl (C=O) groups excluding carboxylic acids is 2. The number of ether oxygens (including phenoxy) is 2. The van der Waals surface area contributed by atoms with E-state index in [1.165, 1.54) is 9.80 Å². The van der Waals surface area contributed by atoms with E-state index in [9.17, 15) is 9.59 Å². The minimum atomic E-state index is -0.626. The maximum Gasteiger partial charge on any atom is 0.328 e. The van der Waals surface area contributed by atoms with Crippen LogP contribution in [0.1, 0.15) is 13.8 Å². The number of amides is 3. The highest BCUT2D eigenvalue weighted by molar-refractivity contribution is 6.11. The van der Waals surface area contributed by atoms with E-state index in [-0.39, 0.29) is 18.5 Å². The van der Waals surface area contributed by atoms with E-state index in [1.54, 1.807) is 27.3 Å². The van der Waals surface area contributed by atoms with Gasteiger partial charge in [0.05, 0.1) is 19.9 Å². The molecule has 1 fully saturated rings. The Balaban J connectivity index is 1.82. The van der Waals surface area contributed by atoms with Crippen molar-refractivity contribution in [1.29, 1.82) is 0 Å². The Bertz CT molecular complexity index is 1000. The molecule has 0 aromatic heterocycles. The molecule has 3 amide bonds. The third-order valence-corrected chi connectivity index (χ3v) is 5.83. The Morgan fingerprint density at radius 2 is 1.90 bits per heavy atom. The van der Waals surface area contributed by atoms with Gasteiger partial charge in [-0.15, -0.1) is 6.58 Å². The minimum Gasteiger partial charge on any atom is -0.497 e. The highest BCUT2D eigenvalue weighted by Gasteiger charge is 2.55. The maximum absolute atomic E-state index is 13.2. The highest BCUT2D eigenvalue weighted by Crippen LogP contribution is 2.43. The molecule has 0 radical (unpaired) electrons. The molecule has 30 heavy (non-hydrogen) atoms. The van der Waals surface area contributed by atoms with Crippen molar-refractivity contribution in [3.05, 3.63) is 42.2 Å². The second-order valence-corrected chi connectivity index (χ2v) is 7.33. The molecule has 9 heteroatoms. The quantitative estimate of drug-likeness (QED) is 0.692. The normalized spacial score (nSPS) is 23.0. The molecule has 0 bridgehead atoms. The van der Waals surface area contributed by atoms with Gasteiger partial charge >= 0.3 is 6.03 Å². The number of urea groups is 1. The Labute approximate surface area is 175 Å². The smallest absolute Gasteiger partial charge is 0.328 e. The second-order valence-electron chi connectivity index (χ2n) is 7.33. The van der Waals surface area contributed by atoms with Crippen LogP contribution in [0.5, 0.6) is 11.5 Å². The molecular formula is C21H25N5O4. The highest BCUT2D eigenvalue weighted by atomic mass is 16.5. The van der Waals surface area contributed by atoms with Crippen LogP contribution < -0.4 is 14.4 Å². The van der Waals surface area contributed by atoms with E-state index in [4.69, 9.17) is 14.5 Å². The number of allylic oxidation sites excluding steroid dienone is 2. The number of rotatable bonds is 5. The van der Waals surface area contributed by atoms with Crippen LogP contribution in [0.25, 0.3) is 0 Å². The van der Waals surface area contributed by atoms with Gasteiger partial charge in [-0.1, -0.05) is 6.08 Å². The van der Waals surface area contributed by atoms with Crippen molar-refractivity contribution >= 4 is 23.6 Å². The topological polar surface area (TPSA) is 77.9 Å². The molecule has 9 nitrogen and oxygen atoms in total. The van der Waals surface area contributed by atoms with Crippen molar-refractivity contribution in [3.63, 3.8) is 0 Å². The standard InChI is InChI=1S/C21H25N5O4/c1-7-10-24-19(27)17-18(23(4)21(24)28)22-20-25(12(2)13(3)26(17)20)15-11-14(29-5)8-9-16(15)30-6/h7-9,11,17-18H,1,10H2,2-6H3. The summed E-state index contributed by atoms with van der Waals surface area (Å²) >= 11 is 0. The molecule has 0 spiro atoms. The number of carbonyl (C=O) groups is 2. The van der Waals surface area contributed by atoms with Gasteiger partial charge in [-0.05, 0) is 26.0 Å². The van der Waals surface area contributed by atoms with Gasteiger partial charge in [-0.3, -0.25) is 19.5 Å². The van der Waals surface area contributed by atoms with Gasteiger partial charge in [0.15, 0.2) is 12.2 Å². The lowest BCUT2D eigenvalue weighted by Gasteiger charge is -2.40. The number of anilines is 1. The molecular weight excluding hydrogens is 386 g/mol. The number of aliphatic imine (C=N–C) groups is 1. The zero-order chi connectivity index (χ0) is 21.7. The van der Waals surface area contributed by atoms with Crippen LogP contribution in [0.2, 0.25) is 0 Å². The summed E-state index contributed by atoms with van der Waals surface area (Å²) in [6.07, 6.45) is 0.940. The van der Waals surface area contributed by atoms with E-state index in [2.05, 4.69) is 6.58 Å². The molecule has 0 saturated carbocycles. The fourth-order valence-electron chi connectivity index (χ4n) is 4.17. The predicted molar refractivity (Wildman–Crippen MR) is 112 cm³/mol. The summed E-state index contributed by atoms with van der Waals surface area (Å²) < 4.78 is 11.0. The van der Waals surface area contributed by atoms with Crippen LogP contribution in [0.3, 0.4) is 0 Å². The van der Waals surface area contributed by atoms with Crippen LogP contribution in [0.4, 0.5) is 10.5 Å². The van der Waals surface area contributed by atoms with E-state index in [0.29, 0.717) is 17.5 Å². The Morgan fingerprint density at radius 1 is 1.17 bits per heavy atom. The van der Waals surface area contributed by atoms with Gasteiger partial charge < -0.3 is 14.4 Å². The molecule has 2 atom stereocenters. The fourth-order valence-corrected chi connectivity index (χ4v) is 4.17. The van der Waals surface area contributed by atoms with Crippen molar-refractivity contribution < 1.29 is 19.1 Å². The van der Waals surface area contributed by atoms with Crippen molar-refractivity contribution in [1.82, 2.24) is 14.7 Å². The van der Waals surface area contributed by atoms with E-state index in [0.717, 1.165) is 17.1 Å². The molecule has 158 valence electrons. The molecule has 1 saturated heterocycles. The Hall–Kier alpha value is -3.49. The van der Waals surface area contributed by atoms with Gasteiger partial charge in [-0.2, -0.15) is 0 Å². The van der Waals surface area contributed by atoms with Crippen LogP contribution in [0, 0.1) is 0 Å². The fraction of sp³-hybridized carbons (Fsp3) is 0.381. The van der Waals surface area contributed by atoms with Crippen molar-refractivity contribution in [3.8, 4) is 11.5 Å². The zero-order valence-corrected chi connectivity index (χ0v) is 17.7. The summed E-state index contributed by atoms with van der Waals surface area (Å²) in [5.74, 6) is 1.62. The zero-order valence-electron chi connectivity index (χ0n) is 17.7. The summed E-state index contributed by atoms with van der Waals surface area (Å²) in [4.78, 5) is 37.3. The summed E-state index contributed by atoms with van der Waals surface area (Å²) in [5.41, 5.74) is 2.56. The third kappa shape index (κ3) is 2.58. The lowest BCUT2D eigenvalue weighted by Crippen LogP contribution is -2.64. The molecule has 2 unspecified atom stereocenters. The number of hydrogen-bond donors (Lipinski definition) is 0. The predicted octanol–water partition coefficient (Wildman–Crippen LogP) is 2.22. The van der Waals surface area contributed by atoms with E-state index >= 15 is 0 Å². The molecule has 3 heterocycles. The number of benzene rings is 1. The first kappa shape index (κ1) is 19.8. The average molecular weight is 411 g/mol. The number of hydrogen-bond acceptors (Lipinski definition) is 7. The van der Waals surface area contributed by atoms with Crippen molar-refractivity contribution in [2.45, 2.75) is 26.1 Å². The molecule has 1 aromatic carbocycles. The van der Waals surface area contributed by atoms with Gasteiger partial charge in [0, 0.05) is 31.1 Å². The van der Waals surface area contributed by atoms with Gasteiger partial charge in [0.2, 0.25) is 5.96 Å². The molecule has 4 rings (SSSR count). The van der Waals surface area contributed by atoms with Gasteiger partial charge in [-0.25, -0.2) is 9.79 Å². The van der Waals surface area contributed by atoms with E-state index < -0.39 is 12.2 Å². The Kier molecular flexibility index (Phi) is 4.68. The summed E-state index contributed by atoms with van der Waals surface area (Å²) in [6.45, 7) is 7.73. The van der Waals surface area contributed by atoms with Gasteiger partial charge in [0.1, 0.15) is 11.5 Å². The first-order valence-electron chi connectivity index (χ1n) is 9.61. The lowest BCUT2D eigenvalue weighted by molar-refractivity contribution is -0.136. The van der Waals surface area contributed by atoms with Crippen LogP contribution in [-0.2, 0) is 4.79 Å².